The minimum Gasteiger partial charge on any atom is -0.410 e. The van der Waals surface area contributed by atoms with Gasteiger partial charge in [0.05, 0.1) is 11.5 Å². The van der Waals surface area contributed by atoms with E-state index in [1.165, 1.54) is 0 Å². The lowest BCUT2D eigenvalue weighted by Crippen LogP contribution is -2.32. The van der Waals surface area contributed by atoms with Crippen LogP contribution in [0.1, 0.15) is 6.42 Å². The maximum absolute atomic E-state index is 11.4. The zero-order valence-corrected chi connectivity index (χ0v) is 10.7. The van der Waals surface area contributed by atoms with Crippen LogP contribution < -0.4 is 10.1 Å². The van der Waals surface area contributed by atoms with Crippen molar-refractivity contribution in [2.24, 2.45) is 5.92 Å². The molecule has 1 amide bonds. The van der Waals surface area contributed by atoms with E-state index < -0.39 is 15.9 Å². The number of sulfone groups is 1. The van der Waals surface area contributed by atoms with Crippen LogP contribution in [0.25, 0.3) is 0 Å². The molecule has 6 heteroatoms. The third kappa shape index (κ3) is 3.73. The van der Waals surface area contributed by atoms with Crippen molar-refractivity contribution >= 4 is 15.9 Å². The number of rotatable bonds is 3. The van der Waals surface area contributed by atoms with Gasteiger partial charge in [0.25, 0.3) is 0 Å². The average Bonchev–Trinajstić information content (AvgIpc) is 2.68. The quantitative estimate of drug-likeness (QED) is 0.895. The lowest BCUT2D eigenvalue weighted by molar-refractivity contribution is 0.199. The predicted octanol–water partition coefficient (Wildman–Crippen LogP) is 1.21. The summed E-state index contributed by atoms with van der Waals surface area (Å²) in [6.45, 7) is 0.338. The Morgan fingerprint density at radius 2 is 2.06 bits per heavy atom. The van der Waals surface area contributed by atoms with Crippen LogP contribution in [-0.4, -0.2) is 32.6 Å². The first-order valence-corrected chi connectivity index (χ1v) is 7.58. The fraction of sp³-hybridized carbons (Fsp3) is 0.417. The summed E-state index contributed by atoms with van der Waals surface area (Å²) in [6, 6.07) is 8.73. The third-order valence-corrected chi connectivity index (χ3v) is 4.65. The lowest BCUT2D eigenvalue weighted by Gasteiger charge is -2.09. The van der Waals surface area contributed by atoms with Crippen molar-refractivity contribution in [1.82, 2.24) is 5.32 Å². The van der Waals surface area contributed by atoms with Gasteiger partial charge in [-0.05, 0) is 24.5 Å². The van der Waals surface area contributed by atoms with E-state index in [-0.39, 0.29) is 17.4 Å². The van der Waals surface area contributed by atoms with Crippen molar-refractivity contribution in [2.75, 3.05) is 18.1 Å². The van der Waals surface area contributed by atoms with E-state index in [0.717, 1.165) is 0 Å². The molecular weight excluding hydrogens is 254 g/mol. The fourth-order valence-corrected chi connectivity index (χ4v) is 3.75. The summed E-state index contributed by atoms with van der Waals surface area (Å²) < 4.78 is 27.5. The molecule has 18 heavy (non-hydrogen) atoms. The van der Waals surface area contributed by atoms with E-state index in [1.807, 2.05) is 6.07 Å². The number of carbonyl (C=O) groups excluding carboxylic acids is 1. The Kier molecular flexibility index (Phi) is 3.86. The van der Waals surface area contributed by atoms with Gasteiger partial charge in [0.15, 0.2) is 9.84 Å². The van der Waals surface area contributed by atoms with E-state index in [2.05, 4.69) is 5.32 Å². The van der Waals surface area contributed by atoms with Crippen LogP contribution in [0.5, 0.6) is 5.75 Å². The third-order valence-electron chi connectivity index (χ3n) is 2.82. The van der Waals surface area contributed by atoms with E-state index in [0.29, 0.717) is 18.7 Å². The molecule has 1 fully saturated rings. The monoisotopic (exact) mass is 269 g/mol. The van der Waals surface area contributed by atoms with Crippen molar-refractivity contribution in [3.63, 3.8) is 0 Å². The van der Waals surface area contributed by atoms with Crippen molar-refractivity contribution in [3.8, 4) is 5.75 Å². The molecule has 0 spiro atoms. The summed E-state index contributed by atoms with van der Waals surface area (Å²) in [4.78, 5) is 11.4. The van der Waals surface area contributed by atoms with Crippen LogP contribution in [-0.2, 0) is 9.84 Å². The van der Waals surface area contributed by atoms with Gasteiger partial charge in [0.1, 0.15) is 5.75 Å². The first-order valence-electron chi connectivity index (χ1n) is 5.76. The SMILES string of the molecule is O=C(NC[C@@H]1CCS(=O)(=O)C1)Oc1ccccc1. The summed E-state index contributed by atoms with van der Waals surface area (Å²) in [6.07, 6.45) is 0.0546. The molecule has 0 unspecified atom stereocenters. The molecule has 5 nitrogen and oxygen atoms in total. The highest BCUT2D eigenvalue weighted by atomic mass is 32.2. The minimum atomic E-state index is -2.89. The molecule has 1 atom stereocenters. The van der Waals surface area contributed by atoms with Crippen LogP contribution >= 0.6 is 0 Å². The molecule has 1 aliphatic rings. The Bertz CT molecular complexity index is 512. The van der Waals surface area contributed by atoms with Crippen molar-refractivity contribution < 1.29 is 17.9 Å². The summed E-state index contributed by atoms with van der Waals surface area (Å²) in [5.41, 5.74) is 0. The summed E-state index contributed by atoms with van der Waals surface area (Å²) in [7, 11) is -2.89. The highest BCUT2D eigenvalue weighted by Crippen LogP contribution is 2.17. The van der Waals surface area contributed by atoms with Crippen LogP contribution in [0.2, 0.25) is 0 Å². The molecule has 1 aromatic rings. The van der Waals surface area contributed by atoms with E-state index in [1.54, 1.807) is 24.3 Å². The Balaban J connectivity index is 1.76. The van der Waals surface area contributed by atoms with Crippen LogP contribution in [0.3, 0.4) is 0 Å². The van der Waals surface area contributed by atoms with Crippen LogP contribution in [0.15, 0.2) is 30.3 Å². The molecule has 0 saturated carbocycles. The summed E-state index contributed by atoms with van der Waals surface area (Å²) in [5.74, 6) is 0.832. The number of hydrogen-bond donors (Lipinski definition) is 1. The standard InChI is InChI=1S/C12H15NO4S/c14-12(17-11-4-2-1-3-5-11)13-8-10-6-7-18(15,16)9-10/h1-5,10H,6-9H2,(H,13,14)/t10-/m0/s1. The molecule has 1 aliphatic heterocycles. The predicted molar refractivity (Wildman–Crippen MR) is 67.2 cm³/mol. The summed E-state index contributed by atoms with van der Waals surface area (Å²) in [5, 5.41) is 2.59. The maximum atomic E-state index is 11.4. The second kappa shape index (κ2) is 5.39. The number of nitrogens with one attached hydrogen (secondary N) is 1. The first kappa shape index (κ1) is 12.9. The number of ether oxygens (including phenoxy) is 1. The molecule has 1 aromatic carbocycles. The zero-order valence-electron chi connectivity index (χ0n) is 9.83. The van der Waals surface area contributed by atoms with Crippen molar-refractivity contribution in [1.29, 1.82) is 0 Å². The molecule has 1 N–H and O–H groups in total. The molecular formula is C12H15NO4S. The van der Waals surface area contributed by atoms with Gasteiger partial charge in [-0.3, -0.25) is 0 Å². The second-order valence-electron chi connectivity index (χ2n) is 4.35. The van der Waals surface area contributed by atoms with Crippen molar-refractivity contribution in [3.05, 3.63) is 30.3 Å². The average molecular weight is 269 g/mol. The number of hydrogen-bond acceptors (Lipinski definition) is 4. The smallest absolute Gasteiger partial charge is 0.410 e. The van der Waals surface area contributed by atoms with E-state index in [4.69, 9.17) is 4.74 Å². The second-order valence-corrected chi connectivity index (χ2v) is 6.58. The Hall–Kier alpha value is -1.56. The van der Waals surface area contributed by atoms with Crippen LogP contribution in [0.4, 0.5) is 4.79 Å². The normalized spacial score (nSPS) is 21.4. The van der Waals surface area contributed by atoms with Crippen LogP contribution in [0, 0.1) is 5.92 Å². The van der Waals surface area contributed by atoms with Gasteiger partial charge < -0.3 is 10.1 Å². The first-order chi connectivity index (χ1) is 8.55. The lowest BCUT2D eigenvalue weighted by atomic mass is 10.1. The molecule has 0 radical (unpaired) electrons. The maximum Gasteiger partial charge on any atom is 0.412 e. The fourth-order valence-electron chi connectivity index (χ4n) is 1.89. The number of benzene rings is 1. The van der Waals surface area contributed by atoms with E-state index in [9.17, 15) is 13.2 Å². The minimum absolute atomic E-state index is 0.00155. The Morgan fingerprint density at radius 3 is 2.67 bits per heavy atom. The molecule has 0 aliphatic carbocycles. The van der Waals surface area contributed by atoms with Gasteiger partial charge in [-0.25, -0.2) is 13.2 Å². The van der Waals surface area contributed by atoms with Gasteiger partial charge in [0.2, 0.25) is 0 Å². The Morgan fingerprint density at radius 1 is 1.33 bits per heavy atom. The van der Waals surface area contributed by atoms with Gasteiger partial charge in [-0.1, -0.05) is 18.2 Å². The molecule has 1 saturated heterocycles. The van der Waals surface area contributed by atoms with E-state index >= 15 is 0 Å². The molecule has 1 heterocycles. The van der Waals surface area contributed by atoms with Gasteiger partial charge >= 0.3 is 6.09 Å². The topological polar surface area (TPSA) is 72.5 Å². The molecule has 0 aromatic heterocycles. The zero-order chi connectivity index (χ0) is 13.0. The molecule has 2 rings (SSSR count). The molecule has 98 valence electrons. The van der Waals surface area contributed by atoms with Gasteiger partial charge in [-0.2, -0.15) is 0 Å². The van der Waals surface area contributed by atoms with Gasteiger partial charge in [0, 0.05) is 6.54 Å². The largest absolute Gasteiger partial charge is 0.412 e. The summed E-state index contributed by atoms with van der Waals surface area (Å²) >= 11 is 0. The highest BCUT2D eigenvalue weighted by molar-refractivity contribution is 7.91. The number of carbonyl (C=O) groups is 1. The number of amides is 1. The highest BCUT2D eigenvalue weighted by Gasteiger charge is 2.28. The Labute approximate surface area is 106 Å². The molecule has 0 bridgehead atoms. The van der Waals surface area contributed by atoms with Crippen molar-refractivity contribution in [2.45, 2.75) is 6.42 Å². The van der Waals surface area contributed by atoms with Gasteiger partial charge in [-0.15, -0.1) is 0 Å². The number of para-hydroxylation sites is 1.